The van der Waals surface area contributed by atoms with Gasteiger partial charge in [0.25, 0.3) is 0 Å². The van der Waals surface area contributed by atoms with Gasteiger partial charge in [-0.2, -0.15) is 0 Å². The van der Waals surface area contributed by atoms with Crippen LogP contribution in [0.5, 0.6) is 0 Å². The number of ether oxygens (including phenoxy) is 3. The Hall–Kier alpha value is -1.59. The minimum atomic E-state index is -0.760. The third-order valence-electron chi connectivity index (χ3n) is 11.1. The van der Waals surface area contributed by atoms with Crippen molar-refractivity contribution in [2.24, 2.45) is 11.8 Å². The van der Waals surface area contributed by atoms with Crippen LogP contribution in [0, 0.1) is 11.8 Å². The molecule has 0 amide bonds. The fourth-order valence-corrected chi connectivity index (χ4v) is 7.07. The second-order valence-corrected chi connectivity index (χ2v) is 17.1. The van der Waals surface area contributed by atoms with E-state index in [4.69, 9.17) is 14.2 Å². The van der Waals surface area contributed by atoms with Crippen LogP contribution < -0.4 is 0 Å². The van der Waals surface area contributed by atoms with Gasteiger partial charge in [-0.1, -0.05) is 221 Å². The molecular weight excluding hydrogens is 673 g/mol. The van der Waals surface area contributed by atoms with Crippen LogP contribution in [0.15, 0.2) is 0 Å². The second kappa shape index (κ2) is 41.1. The Morgan fingerprint density at radius 1 is 0.389 bits per heavy atom. The van der Waals surface area contributed by atoms with E-state index in [0.717, 1.165) is 69.6 Å². The summed E-state index contributed by atoms with van der Waals surface area (Å²) in [6.07, 6.45) is 39.4. The van der Waals surface area contributed by atoms with Crippen LogP contribution in [-0.2, 0) is 28.6 Å². The summed E-state index contributed by atoms with van der Waals surface area (Å²) in [5.74, 6) is 0.821. The first kappa shape index (κ1) is 52.4. The topological polar surface area (TPSA) is 78.9 Å². The molecule has 0 aliphatic heterocycles. The van der Waals surface area contributed by atoms with E-state index >= 15 is 0 Å². The highest BCUT2D eigenvalue weighted by Crippen LogP contribution is 2.17. The van der Waals surface area contributed by atoms with Crippen LogP contribution in [0.1, 0.15) is 259 Å². The molecule has 54 heavy (non-hydrogen) atoms. The van der Waals surface area contributed by atoms with Crippen molar-refractivity contribution in [1.29, 1.82) is 0 Å². The van der Waals surface area contributed by atoms with Crippen LogP contribution >= 0.6 is 0 Å². The molecule has 0 N–H and O–H groups in total. The number of rotatable bonds is 42. The molecular formula is C48H92O6. The Morgan fingerprint density at radius 2 is 0.704 bits per heavy atom. The minimum absolute atomic E-state index is 0.0648. The van der Waals surface area contributed by atoms with Gasteiger partial charge in [-0.15, -0.1) is 0 Å². The third-order valence-corrected chi connectivity index (χ3v) is 11.1. The SMILES string of the molecule is CCCCCCCCCCCC(=O)OC[C@H](COC(=O)CCCCCCCCCCCCCCC(C)C)OC(=O)CCCCCCCCCCC(C)CC. The Labute approximate surface area is 336 Å². The zero-order valence-corrected chi connectivity index (χ0v) is 36.8. The number of carbonyl (C=O) groups is 3. The van der Waals surface area contributed by atoms with Crippen LogP contribution in [0.2, 0.25) is 0 Å². The Bertz CT molecular complexity index is 826. The predicted octanol–water partition coefficient (Wildman–Crippen LogP) is 15.0. The second-order valence-electron chi connectivity index (χ2n) is 17.1. The van der Waals surface area contributed by atoms with E-state index in [0.29, 0.717) is 19.3 Å². The van der Waals surface area contributed by atoms with Gasteiger partial charge >= 0.3 is 17.9 Å². The molecule has 0 fully saturated rings. The van der Waals surface area contributed by atoms with E-state index in [9.17, 15) is 14.4 Å². The lowest BCUT2D eigenvalue weighted by Crippen LogP contribution is -2.30. The average Bonchev–Trinajstić information content (AvgIpc) is 3.15. The highest BCUT2D eigenvalue weighted by molar-refractivity contribution is 5.71. The molecule has 0 aromatic rings. The lowest BCUT2D eigenvalue weighted by Gasteiger charge is -2.18. The summed E-state index contributed by atoms with van der Waals surface area (Å²) in [4.78, 5) is 37.7. The molecule has 0 aliphatic carbocycles. The number of hydrogen-bond acceptors (Lipinski definition) is 6. The van der Waals surface area contributed by atoms with Crippen LogP contribution in [0.4, 0.5) is 0 Å². The molecule has 2 atom stereocenters. The summed E-state index contributed by atoms with van der Waals surface area (Å²) >= 11 is 0. The highest BCUT2D eigenvalue weighted by Gasteiger charge is 2.19. The van der Waals surface area contributed by atoms with Gasteiger partial charge in [0, 0.05) is 19.3 Å². The van der Waals surface area contributed by atoms with Crippen molar-refractivity contribution in [3.8, 4) is 0 Å². The maximum absolute atomic E-state index is 12.7. The molecule has 0 rings (SSSR count). The molecule has 6 nitrogen and oxygen atoms in total. The molecule has 6 heteroatoms. The van der Waals surface area contributed by atoms with Crippen molar-refractivity contribution < 1.29 is 28.6 Å². The molecule has 0 spiro atoms. The fourth-order valence-electron chi connectivity index (χ4n) is 7.07. The van der Waals surface area contributed by atoms with Gasteiger partial charge in [0.05, 0.1) is 0 Å². The van der Waals surface area contributed by atoms with Crippen molar-refractivity contribution >= 4 is 17.9 Å². The van der Waals surface area contributed by atoms with E-state index in [1.54, 1.807) is 0 Å². The van der Waals surface area contributed by atoms with Crippen molar-refractivity contribution in [3.63, 3.8) is 0 Å². The summed E-state index contributed by atoms with van der Waals surface area (Å²) in [6, 6.07) is 0. The first-order chi connectivity index (χ1) is 26.3. The van der Waals surface area contributed by atoms with E-state index in [1.165, 1.54) is 148 Å². The molecule has 0 bridgehead atoms. The van der Waals surface area contributed by atoms with Crippen molar-refractivity contribution in [3.05, 3.63) is 0 Å². The monoisotopic (exact) mass is 765 g/mol. The van der Waals surface area contributed by atoms with Crippen LogP contribution in [0.25, 0.3) is 0 Å². The average molecular weight is 765 g/mol. The summed E-state index contributed by atoms with van der Waals surface area (Å²) in [5, 5.41) is 0. The Balaban J connectivity index is 4.30. The van der Waals surface area contributed by atoms with Gasteiger partial charge in [-0.3, -0.25) is 14.4 Å². The van der Waals surface area contributed by atoms with Crippen LogP contribution in [0.3, 0.4) is 0 Å². The Kier molecular flexibility index (Phi) is 39.8. The van der Waals surface area contributed by atoms with Gasteiger partial charge < -0.3 is 14.2 Å². The molecule has 0 aliphatic rings. The van der Waals surface area contributed by atoms with Gasteiger partial charge in [-0.05, 0) is 31.1 Å². The number of esters is 3. The zero-order chi connectivity index (χ0) is 39.7. The van der Waals surface area contributed by atoms with Gasteiger partial charge in [-0.25, -0.2) is 0 Å². The Morgan fingerprint density at radius 3 is 1.06 bits per heavy atom. The van der Waals surface area contributed by atoms with Crippen molar-refractivity contribution in [2.75, 3.05) is 13.2 Å². The summed E-state index contributed by atoms with van der Waals surface area (Å²) < 4.78 is 16.7. The summed E-state index contributed by atoms with van der Waals surface area (Å²) in [5.41, 5.74) is 0. The predicted molar refractivity (Wildman–Crippen MR) is 229 cm³/mol. The molecule has 0 saturated heterocycles. The van der Waals surface area contributed by atoms with E-state index in [1.807, 2.05) is 0 Å². The maximum Gasteiger partial charge on any atom is 0.306 e. The summed E-state index contributed by atoms with van der Waals surface area (Å²) in [6.45, 7) is 11.3. The van der Waals surface area contributed by atoms with E-state index in [-0.39, 0.29) is 31.1 Å². The highest BCUT2D eigenvalue weighted by atomic mass is 16.6. The van der Waals surface area contributed by atoms with Gasteiger partial charge in [0.15, 0.2) is 6.10 Å². The fraction of sp³-hybridized carbons (Fsp3) is 0.938. The lowest BCUT2D eigenvalue weighted by molar-refractivity contribution is -0.167. The number of hydrogen-bond donors (Lipinski definition) is 0. The molecule has 1 unspecified atom stereocenters. The van der Waals surface area contributed by atoms with Gasteiger partial charge in [0.2, 0.25) is 0 Å². The largest absolute Gasteiger partial charge is 0.462 e. The minimum Gasteiger partial charge on any atom is -0.462 e. The normalized spacial score (nSPS) is 12.6. The zero-order valence-electron chi connectivity index (χ0n) is 36.8. The number of unbranched alkanes of at least 4 members (excludes halogenated alkanes) is 26. The molecule has 0 radical (unpaired) electrons. The van der Waals surface area contributed by atoms with E-state index < -0.39 is 6.10 Å². The lowest BCUT2D eigenvalue weighted by atomic mass is 9.99. The van der Waals surface area contributed by atoms with E-state index in [2.05, 4.69) is 34.6 Å². The summed E-state index contributed by atoms with van der Waals surface area (Å²) in [7, 11) is 0. The van der Waals surface area contributed by atoms with Crippen molar-refractivity contribution in [2.45, 2.75) is 265 Å². The van der Waals surface area contributed by atoms with Crippen LogP contribution in [-0.4, -0.2) is 37.2 Å². The molecule has 320 valence electrons. The molecule has 0 saturated carbocycles. The standard InChI is InChI=1S/C48H92O6/c1-6-8-9-10-11-16-23-28-33-38-46(49)52-41-45(54-48(51)40-35-30-25-20-19-22-27-32-37-44(5)7-2)42-53-47(50)39-34-29-24-18-15-13-12-14-17-21-26-31-36-43(3)4/h43-45H,6-42H2,1-5H3/t44?,45-/m1/s1. The van der Waals surface area contributed by atoms with Crippen molar-refractivity contribution in [1.82, 2.24) is 0 Å². The quantitative estimate of drug-likeness (QED) is 0.0350. The smallest absolute Gasteiger partial charge is 0.306 e. The molecule has 0 aromatic carbocycles. The molecule has 0 heterocycles. The van der Waals surface area contributed by atoms with Gasteiger partial charge in [0.1, 0.15) is 13.2 Å². The first-order valence-electron chi connectivity index (χ1n) is 23.8. The third kappa shape index (κ3) is 40.1. The number of carbonyl (C=O) groups excluding carboxylic acids is 3. The maximum atomic E-state index is 12.7. The molecule has 0 aromatic heterocycles. The first-order valence-corrected chi connectivity index (χ1v) is 23.8.